The van der Waals surface area contributed by atoms with Crippen LogP contribution in [0.4, 0.5) is 4.39 Å². The van der Waals surface area contributed by atoms with E-state index in [-0.39, 0.29) is 18.3 Å². The number of carbonyl (C=O) groups is 1. The second-order valence-corrected chi connectivity index (χ2v) is 9.11. The Bertz CT molecular complexity index is 1080. The number of fused-ring (bicyclic) bond motifs is 1. The first kappa shape index (κ1) is 20.9. The van der Waals surface area contributed by atoms with Crippen molar-refractivity contribution in [1.82, 2.24) is 14.5 Å². The first-order chi connectivity index (χ1) is 14.3. The highest BCUT2D eigenvalue weighted by molar-refractivity contribution is 7.99. The molecule has 0 aliphatic carbocycles. The van der Waals surface area contributed by atoms with Crippen LogP contribution in [0.25, 0.3) is 11.3 Å². The highest BCUT2D eigenvalue weighted by Gasteiger charge is 2.41. The summed E-state index contributed by atoms with van der Waals surface area (Å²) >= 11 is 7.62. The molecule has 0 saturated carbocycles. The fourth-order valence-electron chi connectivity index (χ4n) is 3.77. The summed E-state index contributed by atoms with van der Waals surface area (Å²) in [5.74, 6) is 0.380. The maximum Gasteiger partial charge on any atom is 0.237 e. The molecule has 0 unspecified atom stereocenters. The Morgan fingerprint density at radius 1 is 1.17 bits per heavy atom. The van der Waals surface area contributed by atoms with Crippen molar-refractivity contribution in [2.45, 2.75) is 35.9 Å². The summed E-state index contributed by atoms with van der Waals surface area (Å²) in [6.45, 7) is 5.06. The van der Waals surface area contributed by atoms with Crippen LogP contribution >= 0.6 is 23.4 Å². The SMILES string of the molecule is CC1(C)c2nc(-c3ccc(F)cc3)c(Sc3ccc(Cl)cc3)n2CCN1C(=O)CN. The molecule has 1 aromatic heterocycles. The summed E-state index contributed by atoms with van der Waals surface area (Å²) in [5.41, 5.74) is 6.59. The Balaban J connectivity index is 1.85. The van der Waals surface area contributed by atoms with E-state index < -0.39 is 5.54 Å². The van der Waals surface area contributed by atoms with Crippen LogP contribution < -0.4 is 5.73 Å². The van der Waals surface area contributed by atoms with E-state index in [1.165, 1.54) is 12.1 Å². The maximum absolute atomic E-state index is 13.5. The Hall–Kier alpha value is -2.35. The van der Waals surface area contributed by atoms with Crippen molar-refractivity contribution < 1.29 is 9.18 Å². The standard InChI is InChI=1S/C22H22ClFN4OS/c1-22(2)21-26-19(14-3-7-16(24)8-4-14)20(30-17-9-5-15(23)6-10-17)27(21)11-12-28(22)18(29)13-25/h3-10H,11-13,25H2,1-2H3. The van der Waals surface area contributed by atoms with Crippen LogP contribution in [0.3, 0.4) is 0 Å². The minimum absolute atomic E-state index is 0.0403. The average Bonchev–Trinajstić information content (AvgIpc) is 3.09. The Labute approximate surface area is 184 Å². The molecule has 0 bridgehead atoms. The summed E-state index contributed by atoms with van der Waals surface area (Å²) < 4.78 is 15.7. The molecule has 0 fully saturated rings. The maximum atomic E-state index is 13.5. The fourth-order valence-corrected chi connectivity index (χ4v) is 4.94. The van der Waals surface area contributed by atoms with E-state index in [1.807, 2.05) is 38.1 Å². The predicted molar refractivity (Wildman–Crippen MR) is 117 cm³/mol. The number of nitrogens with zero attached hydrogens (tertiary/aromatic N) is 3. The molecule has 2 N–H and O–H groups in total. The van der Waals surface area contributed by atoms with Crippen molar-refractivity contribution >= 4 is 29.3 Å². The number of carbonyl (C=O) groups excluding carboxylic acids is 1. The van der Waals surface area contributed by atoms with E-state index in [2.05, 4.69) is 4.57 Å². The van der Waals surface area contributed by atoms with Gasteiger partial charge in [-0.2, -0.15) is 0 Å². The van der Waals surface area contributed by atoms with Gasteiger partial charge in [0.05, 0.1) is 12.1 Å². The molecule has 3 aromatic rings. The highest BCUT2D eigenvalue weighted by atomic mass is 35.5. The molecule has 1 aliphatic rings. The molecule has 0 atom stereocenters. The van der Waals surface area contributed by atoms with Gasteiger partial charge in [-0.15, -0.1) is 0 Å². The lowest BCUT2D eigenvalue weighted by Crippen LogP contribution is -2.53. The lowest BCUT2D eigenvalue weighted by molar-refractivity contribution is -0.137. The van der Waals surface area contributed by atoms with Gasteiger partial charge in [0.1, 0.15) is 22.4 Å². The quantitative estimate of drug-likeness (QED) is 0.642. The minimum atomic E-state index is -0.623. The molecule has 156 valence electrons. The lowest BCUT2D eigenvalue weighted by Gasteiger charge is -2.42. The molecule has 8 heteroatoms. The Morgan fingerprint density at radius 3 is 2.47 bits per heavy atom. The topological polar surface area (TPSA) is 64.2 Å². The molecular weight excluding hydrogens is 423 g/mol. The van der Waals surface area contributed by atoms with Crippen molar-refractivity contribution in [3.05, 3.63) is 65.2 Å². The summed E-state index contributed by atoms with van der Waals surface area (Å²) in [4.78, 5) is 20.2. The molecule has 2 aromatic carbocycles. The number of nitrogens with two attached hydrogens (primary N) is 1. The largest absolute Gasteiger partial charge is 0.327 e. The van der Waals surface area contributed by atoms with Crippen molar-refractivity contribution in [2.24, 2.45) is 5.73 Å². The third kappa shape index (κ3) is 3.73. The summed E-state index contributed by atoms with van der Waals surface area (Å²) in [6, 6.07) is 13.9. The number of halogens is 2. The van der Waals surface area contributed by atoms with Gasteiger partial charge in [-0.05, 0) is 62.4 Å². The van der Waals surface area contributed by atoms with Gasteiger partial charge in [-0.1, -0.05) is 23.4 Å². The molecule has 30 heavy (non-hydrogen) atoms. The molecule has 4 rings (SSSR count). The number of hydrogen-bond acceptors (Lipinski definition) is 4. The zero-order valence-electron chi connectivity index (χ0n) is 16.7. The number of imidazole rings is 1. The highest BCUT2D eigenvalue weighted by Crippen LogP contribution is 2.42. The first-order valence-electron chi connectivity index (χ1n) is 9.62. The molecule has 0 saturated heterocycles. The van der Waals surface area contributed by atoms with Crippen molar-refractivity contribution in [1.29, 1.82) is 0 Å². The van der Waals surface area contributed by atoms with Crippen molar-refractivity contribution in [3.8, 4) is 11.3 Å². The van der Waals surface area contributed by atoms with E-state index in [0.29, 0.717) is 18.1 Å². The number of amides is 1. The second kappa shape index (κ2) is 8.06. The van der Waals surface area contributed by atoms with E-state index in [1.54, 1.807) is 28.8 Å². The minimum Gasteiger partial charge on any atom is -0.327 e. The summed E-state index contributed by atoms with van der Waals surface area (Å²) in [5, 5.41) is 1.62. The van der Waals surface area contributed by atoms with Crippen LogP contribution in [-0.2, 0) is 16.9 Å². The van der Waals surface area contributed by atoms with E-state index >= 15 is 0 Å². The van der Waals surface area contributed by atoms with Gasteiger partial charge < -0.3 is 15.2 Å². The van der Waals surface area contributed by atoms with Gasteiger partial charge in [0.2, 0.25) is 5.91 Å². The third-order valence-electron chi connectivity index (χ3n) is 5.31. The van der Waals surface area contributed by atoms with Crippen LogP contribution in [0.1, 0.15) is 19.7 Å². The number of rotatable bonds is 4. The van der Waals surface area contributed by atoms with Gasteiger partial charge in [0, 0.05) is 28.6 Å². The molecule has 1 aliphatic heterocycles. The molecule has 5 nitrogen and oxygen atoms in total. The fraction of sp³-hybridized carbons (Fsp3) is 0.273. The Kier molecular flexibility index (Phi) is 5.61. The van der Waals surface area contributed by atoms with Crippen LogP contribution in [0.2, 0.25) is 5.02 Å². The smallest absolute Gasteiger partial charge is 0.237 e. The molecule has 2 heterocycles. The van der Waals surface area contributed by atoms with E-state index in [0.717, 1.165) is 27.0 Å². The third-order valence-corrected chi connectivity index (χ3v) is 6.68. The molecule has 1 amide bonds. The average molecular weight is 445 g/mol. The number of aromatic nitrogens is 2. The normalized spacial score (nSPS) is 15.2. The second-order valence-electron chi connectivity index (χ2n) is 7.61. The molecular formula is C22H22ClFN4OS. The number of hydrogen-bond donors (Lipinski definition) is 1. The van der Waals surface area contributed by atoms with Crippen LogP contribution in [-0.4, -0.2) is 33.4 Å². The Morgan fingerprint density at radius 2 is 1.83 bits per heavy atom. The van der Waals surface area contributed by atoms with Gasteiger partial charge >= 0.3 is 0 Å². The molecule has 0 radical (unpaired) electrons. The monoisotopic (exact) mass is 444 g/mol. The van der Waals surface area contributed by atoms with E-state index in [9.17, 15) is 9.18 Å². The first-order valence-corrected chi connectivity index (χ1v) is 10.8. The zero-order chi connectivity index (χ0) is 21.5. The number of benzene rings is 2. The van der Waals surface area contributed by atoms with Crippen molar-refractivity contribution in [3.63, 3.8) is 0 Å². The van der Waals surface area contributed by atoms with Crippen LogP contribution in [0.15, 0.2) is 58.5 Å². The van der Waals surface area contributed by atoms with Gasteiger partial charge in [0.25, 0.3) is 0 Å². The van der Waals surface area contributed by atoms with Crippen LogP contribution in [0.5, 0.6) is 0 Å². The van der Waals surface area contributed by atoms with Crippen LogP contribution in [0, 0.1) is 5.82 Å². The lowest BCUT2D eigenvalue weighted by atomic mass is 9.99. The van der Waals surface area contributed by atoms with E-state index in [4.69, 9.17) is 22.3 Å². The zero-order valence-corrected chi connectivity index (χ0v) is 18.3. The van der Waals surface area contributed by atoms with Gasteiger partial charge in [-0.25, -0.2) is 9.37 Å². The summed E-state index contributed by atoms with van der Waals surface area (Å²) in [7, 11) is 0. The van der Waals surface area contributed by atoms with Crippen molar-refractivity contribution in [2.75, 3.05) is 13.1 Å². The van der Waals surface area contributed by atoms with Gasteiger partial charge in [-0.3, -0.25) is 4.79 Å². The molecule has 0 spiro atoms. The summed E-state index contributed by atoms with van der Waals surface area (Å²) in [6.07, 6.45) is 0. The van der Waals surface area contributed by atoms with Gasteiger partial charge in [0.15, 0.2) is 0 Å². The predicted octanol–water partition coefficient (Wildman–Crippen LogP) is 4.53.